The molecule has 0 radical (unpaired) electrons. The van der Waals surface area contributed by atoms with Crippen molar-refractivity contribution in [2.75, 3.05) is 39.9 Å². The molecule has 2 aliphatic rings. The number of aryl methyl sites for hydroxylation is 1. The zero-order chi connectivity index (χ0) is 17.7. The van der Waals surface area contributed by atoms with Crippen molar-refractivity contribution in [3.63, 3.8) is 0 Å². The van der Waals surface area contributed by atoms with Crippen molar-refractivity contribution in [3.8, 4) is 0 Å². The van der Waals surface area contributed by atoms with E-state index in [1.807, 2.05) is 4.90 Å². The molecule has 0 N–H and O–H groups in total. The van der Waals surface area contributed by atoms with Crippen LogP contribution in [0.5, 0.6) is 0 Å². The van der Waals surface area contributed by atoms with Gasteiger partial charge in [0, 0.05) is 26.7 Å². The third-order valence-electron chi connectivity index (χ3n) is 6.14. The van der Waals surface area contributed by atoms with Gasteiger partial charge in [-0.05, 0) is 56.7 Å². The number of piperidine rings is 2. The predicted octanol–water partition coefficient (Wildman–Crippen LogP) is 3.24. The Morgan fingerprint density at radius 2 is 1.64 bits per heavy atom. The van der Waals surface area contributed by atoms with Crippen LogP contribution in [0, 0.1) is 12.3 Å². The van der Waals surface area contributed by atoms with Gasteiger partial charge >= 0.3 is 0 Å². The van der Waals surface area contributed by atoms with Crippen LogP contribution < -0.4 is 0 Å². The predicted molar refractivity (Wildman–Crippen MR) is 100 cm³/mol. The molecule has 138 valence electrons. The lowest BCUT2D eigenvalue weighted by Crippen LogP contribution is -2.48. The van der Waals surface area contributed by atoms with Crippen LogP contribution in [0.2, 0.25) is 0 Å². The molecule has 0 bridgehead atoms. The Kier molecular flexibility index (Phi) is 6.13. The van der Waals surface area contributed by atoms with E-state index in [4.69, 9.17) is 4.74 Å². The Balaban J connectivity index is 1.44. The van der Waals surface area contributed by atoms with Gasteiger partial charge in [0.25, 0.3) is 0 Å². The Bertz CT molecular complexity index is 552. The average molecular weight is 344 g/mol. The van der Waals surface area contributed by atoms with Gasteiger partial charge in [-0.2, -0.15) is 0 Å². The second-order valence-corrected chi connectivity index (χ2v) is 7.89. The average Bonchev–Trinajstić information content (AvgIpc) is 2.64. The number of amides is 1. The number of carbonyl (C=O) groups is 1. The molecule has 25 heavy (non-hydrogen) atoms. The molecule has 1 spiro atoms. The van der Waals surface area contributed by atoms with Crippen LogP contribution in [0.25, 0.3) is 0 Å². The van der Waals surface area contributed by atoms with Gasteiger partial charge in [0.1, 0.15) is 0 Å². The normalized spacial score (nSPS) is 20.8. The Hall–Kier alpha value is -1.39. The van der Waals surface area contributed by atoms with E-state index in [0.717, 1.165) is 19.6 Å². The molecule has 0 aromatic heterocycles. The van der Waals surface area contributed by atoms with Crippen molar-refractivity contribution >= 4 is 5.91 Å². The maximum Gasteiger partial charge on any atom is 0.224 e. The first-order valence-corrected chi connectivity index (χ1v) is 9.65. The Labute approximate surface area is 152 Å². The summed E-state index contributed by atoms with van der Waals surface area (Å²) in [5, 5.41) is 0. The zero-order valence-corrected chi connectivity index (χ0v) is 15.8. The van der Waals surface area contributed by atoms with Crippen LogP contribution in [0.15, 0.2) is 24.3 Å². The summed E-state index contributed by atoms with van der Waals surface area (Å²) in [4.78, 5) is 16.8. The fourth-order valence-corrected chi connectivity index (χ4v) is 4.22. The fourth-order valence-electron chi connectivity index (χ4n) is 4.22. The van der Waals surface area contributed by atoms with E-state index in [1.54, 1.807) is 7.11 Å². The second-order valence-electron chi connectivity index (χ2n) is 7.89. The molecule has 0 saturated carbocycles. The molecular formula is C21H32N2O2. The number of hydrogen-bond donors (Lipinski definition) is 0. The molecule has 0 unspecified atom stereocenters. The number of hydrogen-bond acceptors (Lipinski definition) is 3. The maximum atomic E-state index is 12.1. The van der Waals surface area contributed by atoms with Crippen molar-refractivity contribution in [1.82, 2.24) is 9.80 Å². The van der Waals surface area contributed by atoms with E-state index in [1.165, 1.54) is 49.9 Å². The topological polar surface area (TPSA) is 32.8 Å². The number of benzene rings is 1. The molecule has 4 heteroatoms. The lowest BCUT2D eigenvalue weighted by atomic mass is 9.71. The number of nitrogens with zero attached hydrogens (tertiary/aromatic N) is 2. The van der Waals surface area contributed by atoms with Gasteiger partial charge < -0.3 is 9.64 Å². The number of ether oxygens (including phenoxy) is 1. The van der Waals surface area contributed by atoms with Crippen molar-refractivity contribution in [3.05, 3.63) is 35.4 Å². The van der Waals surface area contributed by atoms with E-state index < -0.39 is 0 Å². The molecule has 1 amide bonds. The summed E-state index contributed by atoms with van der Waals surface area (Å²) in [6.07, 6.45) is 5.42. The number of carbonyl (C=O) groups excluding carboxylic acids is 1. The summed E-state index contributed by atoms with van der Waals surface area (Å²) in [7, 11) is 1.66. The summed E-state index contributed by atoms with van der Waals surface area (Å²) in [6.45, 7) is 7.98. The smallest absolute Gasteiger partial charge is 0.224 e. The lowest BCUT2D eigenvalue weighted by molar-refractivity contribution is -0.135. The van der Waals surface area contributed by atoms with Crippen LogP contribution in [0.4, 0.5) is 0 Å². The molecule has 4 nitrogen and oxygen atoms in total. The fraction of sp³-hybridized carbons (Fsp3) is 0.667. The molecule has 0 atom stereocenters. The molecule has 1 aromatic carbocycles. The van der Waals surface area contributed by atoms with E-state index in [-0.39, 0.29) is 5.91 Å². The highest BCUT2D eigenvalue weighted by Crippen LogP contribution is 2.41. The maximum absolute atomic E-state index is 12.1. The summed E-state index contributed by atoms with van der Waals surface area (Å²) in [6, 6.07) is 8.92. The molecule has 1 aromatic rings. The van der Waals surface area contributed by atoms with Gasteiger partial charge in [0.05, 0.1) is 13.0 Å². The van der Waals surface area contributed by atoms with Gasteiger partial charge in [-0.15, -0.1) is 0 Å². The standard InChI is InChI=1S/C21H32N2O2/c1-18-3-5-19(6-4-18)17-22-12-8-21(9-13-22)10-14-23(15-11-21)20(24)7-16-25-2/h3-6H,7-17H2,1-2H3. The summed E-state index contributed by atoms with van der Waals surface area (Å²) >= 11 is 0. The molecule has 2 fully saturated rings. The first-order chi connectivity index (χ1) is 12.1. The highest BCUT2D eigenvalue weighted by Gasteiger charge is 2.38. The van der Waals surface area contributed by atoms with Gasteiger partial charge in [0.2, 0.25) is 5.91 Å². The van der Waals surface area contributed by atoms with E-state index in [9.17, 15) is 4.79 Å². The first-order valence-electron chi connectivity index (χ1n) is 9.65. The zero-order valence-electron chi connectivity index (χ0n) is 15.8. The van der Waals surface area contributed by atoms with Crippen LogP contribution in [0.3, 0.4) is 0 Å². The van der Waals surface area contributed by atoms with Crippen LogP contribution in [-0.2, 0) is 16.1 Å². The van der Waals surface area contributed by atoms with Gasteiger partial charge in [-0.3, -0.25) is 9.69 Å². The molecule has 2 saturated heterocycles. The van der Waals surface area contributed by atoms with E-state index in [0.29, 0.717) is 18.4 Å². The largest absolute Gasteiger partial charge is 0.384 e. The number of methoxy groups -OCH3 is 1. The number of rotatable bonds is 5. The van der Waals surface area contributed by atoms with Crippen LogP contribution in [0.1, 0.15) is 43.2 Å². The highest BCUT2D eigenvalue weighted by atomic mass is 16.5. The van der Waals surface area contributed by atoms with E-state index in [2.05, 4.69) is 36.1 Å². The van der Waals surface area contributed by atoms with Crippen molar-refractivity contribution in [2.24, 2.45) is 5.41 Å². The van der Waals surface area contributed by atoms with Crippen molar-refractivity contribution in [2.45, 2.75) is 45.6 Å². The van der Waals surface area contributed by atoms with Gasteiger partial charge in [0.15, 0.2) is 0 Å². The summed E-state index contributed by atoms with van der Waals surface area (Å²) in [5.74, 6) is 0.258. The van der Waals surface area contributed by atoms with E-state index >= 15 is 0 Å². The third kappa shape index (κ3) is 4.83. The van der Waals surface area contributed by atoms with Crippen LogP contribution in [-0.4, -0.2) is 55.6 Å². The molecule has 2 aliphatic heterocycles. The minimum Gasteiger partial charge on any atom is -0.384 e. The minimum absolute atomic E-state index is 0.258. The second kappa shape index (κ2) is 8.33. The first kappa shape index (κ1) is 18.4. The van der Waals surface area contributed by atoms with Gasteiger partial charge in [-0.1, -0.05) is 29.8 Å². The molecule has 0 aliphatic carbocycles. The van der Waals surface area contributed by atoms with Gasteiger partial charge in [-0.25, -0.2) is 0 Å². The number of likely N-dealkylation sites (tertiary alicyclic amines) is 2. The molecule has 2 heterocycles. The molecular weight excluding hydrogens is 312 g/mol. The minimum atomic E-state index is 0.258. The van der Waals surface area contributed by atoms with Crippen molar-refractivity contribution in [1.29, 1.82) is 0 Å². The monoisotopic (exact) mass is 344 g/mol. The van der Waals surface area contributed by atoms with Crippen molar-refractivity contribution < 1.29 is 9.53 Å². The molecule has 3 rings (SSSR count). The Morgan fingerprint density at radius 3 is 2.24 bits per heavy atom. The lowest BCUT2D eigenvalue weighted by Gasteiger charge is -2.47. The third-order valence-corrected chi connectivity index (χ3v) is 6.14. The highest BCUT2D eigenvalue weighted by molar-refractivity contribution is 5.76. The quantitative estimate of drug-likeness (QED) is 0.822. The van der Waals surface area contributed by atoms with Crippen LogP contribution >= 0.6 is 0 Å². The summed E-state index contributed by atoms with van der Waals surface area (Å²) < 4.78 is 5.03. The SMILES string of the molecule is COCCC(=O)N1CCC2(CCN(Cc3ccc(C)cc3)CC2)CC1. The Morgan fingerprint density at radius 1 is 1.04 bits per heavy atom. The summed E-state index contributed by atoms with van der Waals surface area (Å²) in [5.41, 5.74) is 3.22.